The lowest BCUT2D eigenvalue weighted by molar-refractivity contribution is 0.118. The topological polar surface area (TPSA) is 44.8 Å². The zero-order valence-electron chi connectivity index (χ0n) is 15.1. The van der Waals surface area contributed by atoms with Crippen molar-refractivity contribution in [2.45, 2.75) is 50.8 Å². The van der Waals surface area contributed by atoms with Crippen LogP contribution in [0, 0.1) is 5.92 Å². The van der Waals surface area contributed by atoms with Crippen LogP contribution in [0.3, 0.4) is 0 Å². The second-order valence-electron chi connectivity index (χ2n) is 7.80. The molecule has 0 spiro atoms. The van der Waals surface area contributed by atoms with E-state index in [2.05, 4.69) is 28.2 Å². The molecular formula is C20H29N3O2. The van der Waals surface area contributed by atoms with Crippen LogP contribution in [0.15, 0.2) is 24.3 Å². The molecule has 0 bridgehead atoms. The lowest BCUT2D eigenvalue weighted by atomic mass is 9.92. The molecule has 1 N–H and O–H groups in total. The number of hydrogen-bond acceptors (Lipinski definition) is 3. The Hall–Kier alpha value is -1.75. The number of para-hydroxylation sites is 1. The zero-order chi connectivity index (χ0) is 17.2. The molecule has 1 saturated carbocycles. The number of nitrogens with one attached hydrogen (secondary N) is 1. The third kappa shape index (κ3) is 3.61. The van der Waals surface area contributed by atoms with E-state index in [0.717, 1.165) is 50.2 Å². The van der Waals surface area contributed by atoms with Gasteiger partial charge in [0.2, 0.25) is 0 Å². The third-order valence-corrected chi connectivity index (χ3v) is 6.07. The minimum Gasteiger partial charge on any atom is -0.490 e. The summed E-state index contributed by atoms with van der Waals surface area (Å²) in [7, 11) is 2.15. The van der Waals surface area contributed by atoms with Crippen molar-refractivity contribution < 1.29 is 9.53 Å². The van der Waals surface area contributed by atoms with Gasteiger partial charge in [-0.3, -0.25) is 0 Å². The average molecular weight is 343 g/mol. The van der Waals surface area contributed by atoms with Crippen molar-refractivity contribution in [1.82, 2.24) is 15.1 Å². The van der Waals surface area contributed by atoms with Crippen LogP contribution < -0.4 is 10.1 Å². The fraction of sp³-hybridized carbons (Fsp3) is 0.650. The Bertz CT molecular complexity index is 617. The van der Waals surface area contributed by atoms with Crippen molar-refractivity contribution >= 4 is 6.03 Å². The van der Waals surface area contributed by atoms with E-state index >= 15 is 0 Å². The summed E-state index contributed by atoms with van der Waals surface area (Å²) in [5.74, 6) is 1.60. The van der Waals surface area contributed by atoms with Gasteiger partial charge in [-0.15, -0.1) is 0 Å². The number of benzene rings is 1. The maximum atomic E-state index is 12.7. The van der Waals surface area contributed by atoms with Crippen molar-refractivity contribution in [3.63, 3.8) is 0 Å². The van der Waals surface area contributed by atoms with E-state index in [1.807, 2.05) is 18.2 Å². The highest BCUT2D eigenvalue weighted by Crippen LogP contribution is 2.31. The van der Waals surface area contributed by atoms with Gasteiger partial charge in [0.1, 0.15) is 5.75 Å². The van der Waals surface area contributed by atoms with Crippen LogP contribution in [-0.2, 0) is 6.54 Å². The Labute approximate surface area is 150 Å². The van der Waals surface area contributed by atoms with Crippen molar-refractivity contribution in [2.24, 2.45) is 5.92 Å². The minimum absolute atomic E-state index is 0.0706. The number of likely N-dealkylation sites (tertiary alicyclic amines) is 2. The third-order valence-electron chi connectivity index (χ3n) is 6.07. The van der Waals surface area contributed by atoms with Gasteiger partial charge < -0.3 is 19.9 Å². The molecule has 5 heteroatoms. The highest BCUT2D eigenvalue weighted by Gasteiger charge is 2.39. The standard InChI is InChI=1S/C20H29N3O2/c1-22-11-9-15-10-12-23(18(15)14-22)20(24)21-13-16-5-2-3-8-19(16)25-17-6-4-7-17/h2-3,5,8,15,17-18H,4,6-7,9-14H2,1H3,(H,21,24)/t15-,18+/m0/s1. The Morgan fingerprint density at radius 1 is 1.20 bits per heavy atom. The molecule has 2 amide bonds. The van der Waals surface area contributed by atoms with E-state index in [1.165, 1.54) is 12.8 Å². The first-order chi connectivity index (χ1) is 12.2. The molecule has 2 atom stereocenters. The summed E-state index contributed by atoms with van der Waals surface area (Å²) in [4.78, 5) is 17.1. The quantitative estimate of drug-likeness (QED) is 0.914. The molecule has 3 aliphatic rings. The fourth-order valence-corrected chi connectivity index (χ4v) is 4.26. The summed E-state index contributed by atoms with van der Waals surface area (Å²) in [6.45, 7) is 3.57. The Morgan fingerprint density at radius 2 is 2.00 bits per heavy atom. The normalized spacial score (nSPS) is 26.8. The van der Waals surface area contributed by atoms with Crippen molar-refractivity contribution in [1.29, 1.82) is 0 Å². The van der Waals surface area contributed by atoms with Gasteiger partial charge in [-0.25, -0.2) is 4.79 Å². The van der Waals surface area contributed by atoms with Gasteiger partial charge >= 0.3 is 6.03 Å². The fourth-order valence-electron chi connectivity index (χ4n) is 4.26. The van der Waals surface area contributed by atoms with E-state index in [9.17, 15) is 4.79 Å². The summed E-state index contributed by atoms with van der Waals surface area (Å²) < 4.78 is 6.07. The summed E-state index contributed by atoms with van der Waals surface area (Å²) in [5.41, 5.74) is 1.07. The molecule has 2 aliphatic heterocycles. The van der Waals surface area contributed by atoms with E-state index < -0.39 is 0 Å². The number of piperidine rings is 1. The number of hydrogen-bond donors (Lipinski definition) is 1. The van der Waals surface area contributed by atoms with Crippen molar-refractivity contribution in [2.75, 3.05) is 26.7 Å². The molecule has 0 unspecified atom stereocenters. The molecule has 136 valence electrons. The monoisotopic (exact) mass is 343 g/mol. The largest absolute Gasteiger partial charge is 0.490 e. The molecule has 1 aliphatic carbocycles. The second-order valence-corrected chi connectivity index (χ2v) is 7.80. The van der Waals surface area contributed by atoms with Crippen molar-refractivity contribution in [3.05, 3.63) is 29.8 Å². The molecule has 2 saturated heterocycles. The maximum Gasteiger partial charge on any atom is 0.317 e. The zero-order valence-corrected chi connectivity index (χ0v) is 15.1. The number of likely N-dealkylation sites (N-methyl/N-ethyl adjacent to an activating group) is 1. The van der Waals surface area contributed by atoms with E-state index in [1.54, 1.807) is 0 Å². The molecule has 3 fully saturated rings. The van der Waals surface area contributed by atoms with Gasteiger partial charge in [0.15, 0.2) is 0 Å². The highest BCUT2D eigenvalue weighted by molar-refractivity contribution is 5.75. The number of fused-ring (bicyclic) bond motifs is 1. The number of carbonyl (C=O) groups is 1. The number of rotatable bonds is 4. The van der Waals surface area contributed by atoms with Crippen LogP contribution in [0.5, 0.6) is 5.75 Å². The maximum absolute atomic E-state index is 12.7. The lowest BCUT2D eigenvalue weighted by Gasteiger charge is -2.36. The van der Waals surface area contributed by atoms with Gasteiger partial charge in [-0.2, -0.15) is 0 Å². The molecular weight excluding hydrogens is 314 g/mol. The summed E-state index contributed by atoms with van der Waals surface area (Å²) in [6, 6.07) is 8.53. The van der Waals surface area contributed by atoms with Crippen LogP contribution in [0.25, 0.3) is 0 Å². The molecule has 0 aromatic heterocycles. The van der Waals surface area contributed by atoms with Crippen LogP contribution in [-0.4, -0.2) is 54.7 Å². The van der Waals surface area contributed by atoms with Gasteiger partial charge in [0.25, 0.3) is 0 Å². The van der Waals surface area contributed by atoms with Crippen molar-refractivity contribution in [3.8, 4) is 5.75 Å². The number of amides is 2. The molecule has 1 aromatic rings. The van der Waals surface area contributed by atoms with Gasteiger partial charge in [-0.1, -0.05) is 18.2 Å². The highest BCUT2D eigenvalue weighted by atomic mass is 16.5. The Balaban J connectivity index is 1.36. The van der Waals surface area contributed by atoms with E-state index in [-0.39, 0.29) is 6.03 Å². The Kier molecular flexibility index (Phi) is 4.84. The summed E-state index contributed by atoms with van der Waals surface area (Å²) in [5, 5.41) is 3.13. The summed E-state index contributed by atoms with van der Waals surface area (Å²) in [6.07, 6.45) is 6.26. The smallest absolute Gasteiger partial charge is 0.317 e. The van der Waals surface area contributed by atoms with Gasteiger partial charge in [-0.05, 0) is 57.7 Å². The number of ether oxygens (including phenoxy) is 1. The first-order valence-corrected chi connectivity index (χ1v) is 9.68. The molecule has 1 aromatic carbocycles. The predicted molar refractivity (Wildman–Crippen MR) is 97.7 cm³/mol. The van der Waals surface area contributed by atoms with Crippen LogP contribution in [0.4, 0.5) is 4.79 Å². The average Bonchev–Trinajstić information content (AvgIpc) is 3.00. The van der Waals surface area contributed by atoms with Crippen LogP contribution >= 0.6 is 0 Å². The molecule has 25 heavy (non-hydrogen) atoms. The molecule has 2 heterocycles. The van der Waals surface area contributed by atoms with Gasteiger partial charge in [0.05, 0.1) is 6.10 Å². The number of urea groups is 1. The molecule has 4 rings (SSSR count). The Morgan fingerprint density at radius 3 is 2.80 bits per heavy atom. The van der Waals surface area contributed by atoms with E-state index in [4.69, 9.17) is 4.74 Å². The van der Waals surface area contributed by atoms with Crippen LogP contribution in [0.1, 0.15) is 37.7 Å². The molecule has 5 nitrogen and oxygen atoms in total. The number of nitrogens with zero attached hydrogens (tertiary/aromatic N) is 2. The second kappa shape index (κ2) is 7.24. The van der Waals surface area contributed by atoms with Crippen LogP contribution in [0.2, 0.25) is 0 Å². The lowest BCUT2D eigenvalue weighted by Crippen LogP contribution is -2.51. The number of carbonyl (C=O) groups excluding carboxylic acids is 1. The SMILES string of the molecule is CN1CC[C@H]2CCN(C(=O)NCc3ccccc3OC3CCC3)[C@@H]2C1. The minimum atomic E-state index is 0.0706. The van der Waals surface area contributed by atoms with Gasteiger partial charge in [0, 0.05) is 31.2 Å². The van der Waals surface area contributed by atoms with E-state index in [0.29, 0.717) is 24.6 Å². The summed E-state index contributed by atoms with van der Waals surface area (Å²) >= 11 is 0. The first-order valence-electron chi connectivity index (χ1n) is 9.68. The first kappa shape index (κ1) is 16.7. The molecule has 0 radical (unpaired) electrons. The predicted octanol–water partition coefficient (Wildman–Crippen LogP) is 2.85.